The fourth-order valence-electron chi connectivity index (χ4n) is 2.71. The molecule has 1 amide bonds. The van der Waals surface area contributed by atoms with Gasteiger partial charge in [0.25, 0.3) is 5.91 Å². The third-order valence-electron chi connectivity index (χ3n) is 4.46. The third kappa shape index (κ3) is 4.23. The van der Waals surface area contributed by atoms with E-state index in [2.05, 4.69) is 36.4 Å². The Morgan fingerprint density at radius 2 is 1.84 bits per heavy atom. The summed E-state index contributed by atoms with van der Waals surface area (Å²) in [5.74, 6) is -0.0509. The Balaban J connectivity index is 2.19. The first-order chi connectivity index (χ1) is 11.9. The minimum atomic E-state index is -0.593. The van der Waals surface area contributed by atoms with Crippen molar-refractivity contribution in [1.82, 2.24) is 15.1 Å². The highest BCUT2D eigenvalue weighted by molar-refractivity contribution is 5.96. The van der Waals surface area contributed by atoms with Crippen LogP contribution in [0.3, 0.4) is 0 Å². The van der Waals surface area contributed by atoms with Crippen molar-refractivity contribution in [1.29, 1.82) is 0 Å². The van der Waals surface area contributed by atoms with Crippen molar-refractivity contribution in [2.45, 2.75) is 45.6 Å². The minimum absolute atomic E-state index is 0.165. The number of rotatable bonds is 7. The van der Waals surface area contributed by atoms with Gasteiger partial charge in [-0.1, -0.05) is 45.0 Å². The molecule has 0 bridgehead atoms. The summed E-state index contributed by atoms with van der Waals surface area (Å²) in [6, 6.07) is 7.93. The van der Waals surface area contributed by atoms with E-state index in [4.69, 9.17) is 0 Å². The van der Waals surface area contributed by atoms with E-state index in [1.807, 2.05) is 19.1 Å². The van der Waals surface area contributed by atoms with E-state index in [-0.39, 0.29) is 17.4 Å². The Hall–Kier alpha value is -2.70. The molecule has 134 valence electrons. The van der Waals surface area contributed by atoms with Crippen LogP contribution in [0.1, 0.15) is 67.2 Å². The van der Waals surface area contributed by atoms with Crippen molar-refractivity contribution in [3.05, 3.63) is 57.4 Å². The lowest BCUT2D eigenvalue weighted by Crippen LogP contribution is -2.29. The quantitative estimate of drug-likeness (QED) is 0.612. The first kappa shape index (κ1) is 18.6. The molecule has 0 aliphatic carbocycles. The van der Waals surface area contributed by atoms with Crippen LogP contribution in [-0.2, 0) is 7.05 Å². The predicted octanol–water partition coefficient (Wildman–Crippen LogP) is 3.72. The van der Waals surface area contributed by atoms with E-state index in [0.717, 1.165) is 12.0 Å². The normalized spacial score (nSPS) is 13.3. The maximum absolute atomic E-state index is 12.5. The van der Waals surface area contributed by atoms with Gasteiger partial charge in [-0.3, -0.25) is 19.6 Å². The standard InChI is InChI=1S/C18H24N4O3/c1-5-12(3)13-7-9-14(10-8-13)15(6-2)19-18(23)17-16(22(24)25)11-21(4)20-17/h7-12,15H,5-6H2,1-4H3,(H,19,23). The number of nitro groups is 1. The van der Waals surface area contributed by atoms with E-state index in [0.29, 0.717) is 12.3 Å². The average molecular weight is 344 g/mol. The summed E-state index contributed by atoms with van der Waals surface area (Å²) in [5, 5.41) is 17.8. The van der Waals surface area contributed by atoms with Crippen LogP contribution in [0.2, 0.25) is 0 Å². The van der Waals surface area contributed by atoms with Gasteiger partial charge in [0.2, 0.25) is 5.69 Å². The lowest BCUT2D eigenvalue weighted by molar-refractivity contribution is -0.385. The maximum Gasteiger partial charge on any atom is 0.320 e. The number of hydrogen-bond donors (Lipinski definition) is 1. The zero-order valence-corrected chi connectivity index (χ0v) is 15.0. The van der Waals surface area contributed by atoms with Gasteiger partial charge in [0.05, 0.1) is 11.0 Å². The smallest absolute Gasteiger partial charge is 0.320 e. The molecule has 1 aromatic carbocycles. The molecular weight excluding hydrogens is 320 g/mol. The molecule has 7 heteroatoms. The monoisotopic (exact) mass is 344 g/mol. The fourth-order valence-corrected chi connectivity index (χ4v) is 2.71. The molecule has 0 saturated carbocycles. The van der Waals surface area contributed by atoms with Gasteiger partial charge in [0.1, 0.15) is 6.20 Å². The summed E-state index contributed by atoms with van der Waals surface area (Å²) in [6.45, 7) is 6.28. The van der Waals surface area contributed by atoms with Crippen LogP contribution >= 0.6 is 0 Å². The van der Waals surface area contributed by atoms with Crippen molar-refractivity contribution in [3.8, 4) is 0 Å². The number of nitrogens with one attached hydrogen (secondary N) is 1. The second kappa shape index (κ2) is 7.92. The summed E-state index contributed by atoms with van der Waals surface area (Å²) in [5.41, 5.74) is 1.78. The molecule has 2 aromatic rings. The highest BCUT2D eigenvalue weighted by Gasteiger charge is 2.26. The molecule has 25 heavy (non-hydrogen) atoms. The number of aromatic nitrogens is 2. The van der Waals surface area contributed by atoms with Crippen molar-refractivity contribution in [3.63, 3.8) is 0 Å². The van der Waals surface area contributed by atoms with Gasteiger partial charge in [0.15, 0.2) is 0 Å². The largest absolute Gasteiger partial charge is 0.344 e. The highest BCUT2D eigenvalue weighted by atomic mass is 16.6. The number of benzene rings is 1. The Morgan fingerprint density at radius 3 is 2.36 bits per heavy atom. The Labute approximate surface area is 147 Å². The van der Waals surface area contributed by atoms with E-state index < -0.39 is 10.8 Å². The first-order valence-corrected chi connectivity index (χ1v) is 8.46. The van der Waals surface area contributed by atoms with Crippen LogP contribution in [0.5, 0.6) is 0 Å². The van der Waals surface area contributed by atoms with E-state index in [9.17, 15) is 14.9 Å². The summed E-state index contributed by atoms with van der Waals surface area (Å²) in [7, 11) is 1.55. The Morgan fingerprint density at radius 1 is 1.24 bits per heavy atom. The molecule has 0 radical (unpaired) electrons. The molecule has 1 N–H and O–H groups in total. The van der Waals surface area contributed by atoms with Crippen LogP contribution in [0.4, 0.5) is 5.69 Å². The van der Waals surface area contributed by atoms with Crippen molar-refractivity contribution in [2.24, 2.45) is 7.05 Å². The molecule has 0 fully saturated rings. The number of amides is 1. The number of aryl methyl sites for hydroxylation is 1. The molecule has 2 unspecified atom stereocenters. The molecule has 0 spiro atoms. The third-order valence-corrected chi connectivity index (χ3v) is 4.46. The lowest BCUT2D eigenvalue weighted by atomic mass is 9.95. The van der Waals surface area contributed by atoms with Crippen LogP contribution in [0, 0.1) is 10.1 Å². The summed E-state index contributed by atoms with van der Waals surface area (Å²) in [6.07, 6.45) is 2.97. The molecule has 2 rings (SSSR count). The second-order valence-electron chi connectivity index (χ2n) is 6.20. The molecule has 2 atom stereocenters. The number of nitrogens with zero attached hydrogens (tertiary/aromatic N) is 3. The Bertz CT molecular complexity index is 752. The number of hydrogen-bond acceptors (Lipinski definition) is 4. The van der Waals surface area contributed by atoms with Gasteiger partial charge in [-0.25, -0.2) is 0 Å². The van der Waals surface area contributed by atoms with Crippen LogP contribution in [-0.4, -0.2) is 20.6 Å². The van der Waals surface area contributed by atoms with Gasteiger partial charge < -0.3 is 5.32 Å². The van der Waals surface area contributed by atoms with Gasteiger partial charge in [0, 0.05) is 7.05 Å². The summed E-state index contributed by atoms with van der Waals surface area (Å²) >= 11 is 0. The van der Waals surface area contributed by atoms with Crippen LogP contribution in [0.25, 0.3) is 0 Å². The topological polar surface area (TPSA) is 90.1 Å². The van der Waals surface area contributed by atoms with E-state index in [1.54, 1.807) is 7.05 Å². The summed E-state index contributed by atoms with van der Waals surface area (Å²) in [4.78, 5) is 22.9. The highest BCUT2D eigenvalue weighted by Crippen LogP contribution is 2.24. The van der Waals surface area contributed by atoms with E-state index in [1.165, 1.54) is 16.4 Å². The van der Waals surface area contributed by atoms with Gasteiger partial charge in [-0.15, -0.1) is 0 Å². The lowest BCUT2D eigenvalue weighted by Gasteiger charge is -2.18. The van der Waals surface area contributed by atoms with Crippen molar-refractivity contribution >= 4 is 11.6 Å². The zero-order valence-electron chi connectivity index (χ0n) is 15.0. The molecule has 0 aliphatic rings. The SMILES string of the molecule is CCC(C)c1ccc(C(CC)NC(=O)c2nn(C)cc2[N+](=O)[O-])cc1. The molecule has 1 aromatic heterocycles. The van der Waals surface area contributed by atoms with Crippen LogP contribution in [0.15, 0.2) is 30.5 Å². The van der Waals surface area contributed by atoms with Gasteiger partial charge in [-0.2, -0.15) is 5.10 Å². The summed E-state index contributed by atoms with van der Waals surface area (Å²) < 4.78 is 1.27. The van der Waals surface area contributed by atoms with Gasteiger partial charge >= 0.3 is 5.69 Å². The molecule has 7 nitrogen and oxygen atoms in total. The molecule has 0 saturated heterocycles. The van der Waals surface area contributed by atoms with Crippen LogP contribution < -0.4 is 5.32 Å². The molecule has 1 heterocycles. The fraction of sp³-hybridized carbons (Fsp3) is 0.444. The second-order valence-corrected chi connectivity index (χ2v) is 6.20. The predicted molar refractivity (Wildman–Crippen MR) is 95.5 cm³/mol. The maximum atomic E-state index is 12.5. The van der Waals surface area contributed by atoms with Gasteiger partial charge in [-0.05, 0) is 29.9 Å². The average Bonchev–Trinajstić information content (AvgIpc) is 3.01. The number of carbonyl (C=O) groups excluding carboxylic acids is 1. The molecule has 0 aliphatic heterocycles. The van der Waals surface area contributed by atoms with E-state index >= 15 is 0 Å². The van der Waals surface area contributed by atoms with Crippen molar-refractivity contribution in [2.75, 3.05) is 0 Å². The zero-order chi connectivity index (χ0) is 18.6. The van der Waals surface area contributed by atoms with Crippen molar-refractivity contribution < 1.29 is 9.72 Å². The number of carbonyl (C=O) groups is 1. The Kier molecular flexibility index (Phi) is 5.90. The minimum Gasteiger partial charge on any atom is -0.344 e. The molecular formula is C18H24N4O3. The first-order valence-electron chi connectivity index (χ1n) is 8.46.